The van der Waals surface area contributed by atoms with Gasteiger partial charge in [0, 0.05) is 31.3 Å². The Balaban J connectivity index is 1.18. The minimum Gasteiger partial charge on any atom is -0.497 e. The molecule has 2 aliphatic rings. The number of nitrogens with zero attached hydrogens (tertiary/aromatic N) is 2. The Labute approximate surface area is 260 Å². The molecule has 228 valence electrons. The Morgan fingerprint density at radius 3 is 2.16 bits per heavy atom. The van der Waals surface area contributed by atoms with Gasteiger partial charge in [-0.15, -0.1) is 0 Å². The number of rotatable bonds is 10. The SMILES string of the molecule is COc1ccc2c(c1)CCN=C2Cc1ccc(OC)c(Oc2ccc(C[C@H]3c4cc(OC)c(OC)cc4CCN3C)cc2)c1. The van der Waals surface area contributed by atoms with Crippen LogP contribution in [0, 0.1) is 0 Å². The number of hydrogen-bond acceptors (Lipinski definition) is 7. The van der Waals surface area contributed by atoms with E-state index in [1.165, 1.54) is 27.8 Å². The standard InChI is InChI=1S/C37H40N2O5/c1-39-17-15-27-22-35(42-4)36(43-5)23-31(27)33(39)19-24-6-9-28(10-7-24)44-37-20-25(8-13-34(37)41-3)18-32-30-12-11-29(40-2)21-26(30)14-16-38-32/h6-13,20-23,33H,14-19H2,1-5H3/t33-/m0/s1. The molecule has 7 nitrogen and oxygen atoms in total. The van der Waals surface area contributed by atoms with Crippen molar-refractivity contribution in [2.24, 2.45) is 4.99 Å². The molecule has 6 rings (SSSR count). The molecule has 0 unspecified atom stereocenters. The summed E-state index contributed by atoms with van der Waals surface area (Å²) in [6.07, 6.45) is 3.51. The minimum absolute atomic E-state index is 0.246. The summed E-state index contributed by atoms with van der Waals surface area (Å²) in [7, 11) is 8.94. The second-order valence-corrected chi connectivity index (χ2v) is 11.4. The Hall–Kier alpha value is -4.49. The number of ether oxygens (including phenoxy) is 5. The molecule has 0 saturated heterocycles. The van der Waals surface area contributed by atoms with Gasteiger partial charge < -0.3 is 23.7 Å². The predicted octanol–water partition coefficient (Wildman–Crippen LogP) is 6.87. The number of fused-ring (bicyclic) bond motifs is 2. The highest BCUT2D eigenvalue weighted by Gasteiger charge is 2.27. The van der Waals surface area contributed by atoms with Crippen LogP contribution in [0.2, 0.25) is 0 Å². The molecule has 0 N–H and O–H groups in total. The first-order valence-electron chi connectivity index (χ1n) is 15.1. The van der Waals surface area contributed by atoms with Crippen molar-refractivity contribution >= 4 is 5.71 Å². The lowest BCUT2D eigenvalue weighted by atomic mass is 9.88. The summed E-state index contributed by atoms with van der Waals surface area (Å²) < 4.78 is 28.6. The van der Waals surface area contributed by atoms with Crippen molar-refractivity contribution in [1.82, 2.24) is 4.90 Å². The molecule has 1 atom stereocenters. The van der Waals surface area contributed by atoms with Crippen LogP contribution < -0.4 is 23.7 Å². The van der Waals surface area contributed by atoms with Crippen LogP contribution >= 0.6 is 0 Å². The Bertz CT molecular complexity index is 1660. The van der Waals surface area contributed by atoms with Crippen molar-refractivity contribution in [2.45, 2.75) is 31.7 Å². The molecule has 0 aromatic heterocycles. The maximum absolute atomic E-state index is 6.39. The summed E-state index contributed by atoms with van der Waals surface area (Å²) in [6.45, 7) is 1.78. The minimum atomic E-state index is 0.246. The molecule has 0 bridgehead atoms. The van der Waals surface area contributed by atoms with Crippen LogP contribution in [0.1, 0.15) is 39.4 Å². The van der Waals surface area contributed by atoms with E-state index in [1.807, 2.05) is 24.3 Å². The fraction of sp³-hybridized carbons (Fsp3) is 0.324. The molecule has 0 amide bonds. The van der Waals surface area contributed by atoms with Gasteiger partial charge in [0.15, 0.2) is 23.0 Å². The third-order valence-electron chi connectivity index (χ3n) is 8.76. The number of benzene rings is 4. The maximum Gasteiger partial charge on any atom is 0.169 e. The average Bonchev–Trinajstić information content (AvgIpc) is 3.06. The Morgan fingerprint density at radius 2 is 1.41 bits per heavy atom. The highest BCUT2D eigenvalue weighted by Crippen LogP contribution is 2.39. The van der Waals surface area contributed by atoms with E-state index in [0.717, 1.165) is 66.6 Å². The van der Waals surface area contributed by atoms with Gasteiger partial charge in [0.05, 0.1) is 28.4 Å². The van der Waals surface area contributed by atoms with Gasteiger partial charge in [-0.3, -0.25) is 9.89 Å². The molecule has 0 fully saturated rings. The van der Waals surface area contributed by atoms with Gasteiger partial charge in [-0.05, 0) is 114 Å². The quantitative estimate of drug-likeness (QED) is 0.200. The van der Waals surface area contributed by atoms with Crippen molar-refractivity contribution in [1.29, 1.82) is 0 Å². The number of hydrogen-bond donors (Lipinski definition) is 0. The maximum atomic E-state index is 6.39. The van der Waals surface area contributed by atoms with Crippen LogP contribution in [-0.2, 0) is 25.7 Å². The van der Waals surface area contributed by atoms with Crippen LogP contribution in [0.5, 0.6) is 34.5 Å². The van der Waals surface area contributed by atoms with Gasteiger partial charge in [0.25, 0.3) is 0 Å². The highest BCUT2D eigenvalue weighted by atomic mass is 16.5. The van der Waals surface area contributed by atoms with Gasteiger partial charge in [-0.25, -0.2) is 0 Å². The second kappa shape index (κ2) is 13.0. The monoisotopic (exact) mass is 592 g/mol. The van der Waals surface area contributed by atoms with Gasteiger partial charge >= 0.3 is 0 Å². The van der Waals surface area contributed by atoms with Gasteiger partial charge in [-0.1, -0.05) is 18.2 Å². The van der Waals surface area contributed by atoms with Crippen LogP contribution in [0.15, 0.2) is 77.8 Å². The van der Waals surface area contributed by atoms with Crippen LogP contribution in [-0.4, -0.2) is 59.2 Å². The van der Waals surface area contributed by atoms with Gasteiger partial charge in [0.1, 0.15) is 11.5 Å². The molecule has 0 aliphatic carbocycles. The van der Waals surface area contributed by atoms with Crippen LogP contribution in [0.4, 0.5) is 0 Å². The van der Waals surface area contributed by atoms with E-state index in [0.29, 0.717) is 17.9 Å². The number of methoxy groups -OCH3 is 4. The molecule has 0 saturated carbocycles. The van der Waals surface area contributed by atoms with E-state index in [9.17, 15) is 0 Å². The van der Waals surface area contributed by atoms with Crippen molar-refractivity contribution < 1.29 is 23.7 Å². The molecular weight excluding hydrogens is 552 g/mol. The summed E-state index contributed by atoms with van der Waals surface area (Å²) in [5, 5.41) is 0. The van der Waals surface area contributed by atoms with Crippen molar-refractivity contribution in [3.8, 4) is 34.5 Å². The first kappa shape index (κ1) is 29.6. The molecule has 0 spiro atoms. The predicted molar refractivity (Wildman–Crippen MR) is 174 cm³/mol. The zero-order valence-corrected chi connectivity index (χ0v) is 26.2. The molecule has 7 heteroatoms. The third kappa shape index (κ3) is 6.10. The first-order chi connectivity index (χ1) is 21.5. The van der Waals surface area contributed by atoms with Crippen LogP contribution in [0.3, 0.4) is 0 Å². The zero-order valence-electron chi connectivity index (χ0n) is 26.2. The van der Waals surface area contributed by atoms with Crippen LogP contribution in [0.25, 0.3) is 0 Å². The molecule has 4 aromatic carbocycles. The summed E-state index contributed by atoms with van der Waals surface area (Å²) >= 11 is 0. The largest absolute Gasteiger partial charge is 0.497 e. The highest BCUT2D eigenvalue weighted by molar-refractivity contribution is 6.04. The molecule has 0 radical (unpaired) electrons. The molecule has 2 heterocycles. The normalized spacial score (nSPS) is 15.9. The summed E-state index contributed by atoms with van der Waals surface area (Å²) in [6, 6.07) is 25.2. The topological polar surface area (TPSA) is 61.8 Å². The smallest absolute Gasteiger partial charge is 0.169 e. The summed E-state index contributed by atoms with van der Waals surface area (Å²) in [5.74, 6) is 4.58. The number of likely N-dealkylation sites (N-methyl/N-ethyl adjacent to an activating group) is 1. The zero-order chi connectivity index (χ0) is 30.6. The Kier molecular flexibility index (Phi) is 8.75. The van der Waals surface area contributed by atoms with Crippen molar-refractivity contribution in [3.05, 3.63) is 106 Å². The lowest BCUT2D eigenvalue weighted by molar-refractivity contribution is 0.228. The van der Waals surface area contributed by atoms with Gasteiger partial charge in [-0.2, -0.15) is 0 Å². The lowest BCUT2D eigenvalue weighted by Gasteiger charge is -2.35. The van der Waals surface area contributed by atoms with E-state index in [2.05, 4.69) is 60.5 Å². The first-order valence-corrected chi connectivity index (χ1v) is 15.1. The average molecular weight is 593 g/mol. The van der Waals surface area contributed by atoms with E-state index >= 15 is 0 Å². The van der Waals surface area contributed by atoms with Crippen molar-refractivity contribution in [3.63, 3.8) is 0 Å². The molecule has 4 aromatic rings. The van der Waals surface area contributed by atoms with E-state index < -0.39 is 0 Å². The fourth-order valence-corrected chi connectivity index (χ4v) is 6.30. The van der Waals surface area contributed by atoms with Crippen molar-refractivity contribution in [2.75, 3.05) is 48.6 Å². The number of aliphatic imine (C=N–C) groups is 1. The molecular formula is C37H40N2O5. The van der Waals surface area contributed by atoms with E-state index in [1.54, 1.807) is 28.4 Å². The molecule has 2 aliphatic heterocycles. The van der Waals surface area contributed by atoms with Gasteiger partial charge in [0.2, 0.25) is 0 Å². The fourth-order valence-electron chi connectivity index (χ4n) is 6.30. The third-order valence-corrected chi connectivity index (χ3v) is 8.76. The summed E-state index contributed by atoms with van der Waals surface area (Å²) in [4.78, 5) is 7.28. The molecule has 44 heavy (non-hydrogen) atoms. The second-order valence-electron chi connectivity index (χ2n) is 11.4. The summed E-state index contributed by atoms with van der Waals surface area (Å²) in [5.41, 5.74) is 8.52. The lowest BCUT2D eigenvalue weighted by Crippen LogP contribution is -2.33. The Morgan fingerprint density at radius 1 is 0.682 bits per heavy atom. The van der Waals surface area contributed by atoms with E-state index in [4.69, 9.17) is 28.7 Å². The van der Waals surface area contributed by atoms with E-state index in [-0.39, 0.29) is 6.04 Å².